The molecule has 1 amide bonds. The van der Waals surface area contributed by atoms with Crippen molar-refractivity contribution in [3.63, 3.8) is 0 Å². The third-order valence-corrected chi connectivity index (χ3v) is 2.61. The van der Waals surface area contributed by atoms with Crippen LogP contribution >= 0.6 is 0 Å². The van der Waals surface area contributed by atoms with E-state index in [0.29, 0.717) is 17.0 Å². The van der Waals surface area contributed by atoms with Gasteiger partial charge in [-0.1, -0.05) is 0 Å². The van der Waals surface area contributed by atoms with E-state index in [1.54, 1.807) is 24.5 Å². The number of aromatic nitrogens is 2. The van der Waals surface area contributed by atoms with Gasteiger partial charge in [-0.2, -0.15) is 5.26 Å². The van der Waals surface area contributed by atoms with Crippen molar-refractivity contribution >= 4 is 23.0 Å². The van der Waals surface area contributed by atoms with Gasteiger partial charge in [0.15, 0.2) is 0 Å². The minimum Gasteiger partial charge on any atom is -0.490 e. The molecule has 3 N–H and O–H groups in total. The molecule has 0 radical (unpaired) electrons. The first-order chi connectivity index (χ1) is 9.52. The molecule has 2 rings (SSSR count). The zero-order chi connectivity index (χ0) is 14.7. The second kappa shape index (κ2) is 5.45. The van der Waals surface area contributed by atoms with Crippen LogP contribution in [0.5, 0.6) is 5.75 Å². The van der Waals surface area contributed by atoms with Crippen molar-refractivity contribution in [2.24, 2.45) is 5.73 Å². The maximum atomic E-state index is 11.1. The van der Waals surface area contributed by atoms with Crippen LogP contribution in [0.25, 0.3) is 17.1 Å². The minimum absolute atomic E-state index is 0.00101. The van der Waals surface area contributed by atoms with E-state index < -0.39 is 5.91 Å². The molecule has 0 aliphatic rings. The van der Waals surface area contributed by atoms with Crippen LogP contribution in [-0.4, -0.2) is 22.0 Å². The molecule has 0 fully saturated rings. The van der Waals surface area contributed by atoms with E-state index in [-0.39, 0.29) is 11.7 Å². The first kappa shape index (κ1) is 13.6. The number of ether oxygens (including phenoxy) is 1. The Balaban J connectivity index is 2.61. The number of nitrogens with one attached hydrogen (secondary N) is 1. The number of rotatable bonds is 4. The van der Waals surface area contributed by atoms with Crippen LogP contribution in [0.4, 0.5) is 0 Å². The zero-order valence-electron chi connectivity index (χ0n) is 11.2. The highest BCUT2D eigenvalue weighted by atomic mass is 16.5. The number of aromatic amines is 1. The van der Waals surface area contributed by atoms with Gasteiger partial charge >= 0.3 is 0 Å². The van der Waals surface area contributed by atoms with E-state index in [4.69, 9.17) is 15.7 Å². The van der Waals surface area contributed by atoms with Crippen LogP contribution in [0, 0.1) is 11.3 Å². The summed E-state index contributed by atoms with van der Waals surface area (Å²) in [4.78, 5) is 18.3. The molecule has 0 unspecified atom stereocenters. The van der Waals surface area contributed by atoms with Crippen molar-refractivity contribution in [3.8, 4) is 11.8 Å². The molecule has 6 nitrogen and oxygen atoms in total. The number of hydrogen-bond donors (Lipinski definition) is 2. The third kappa shape index (κ3) is 2.62. The number of carbonyl (C=O) groups excluding carboxylic acids is 1. The molecular formula is C14H14N4O2. The van der Waals surface area contributed by atoms with Gasteiger partial charge in [0.05, 0.1) is 11.5 Å². The Labute approximate surface area is 115 Å². The van der Waals surface area contributed by atoms with Gasteiger partial charge in [-0.3, -0.25) is 4.79 Å². The standard InChI is InChI=1S/C14H14N4O2/c1-8(2)20-11-3-4-17-14-12(11)10(7-18-14)5-9(6-15)13(16)19/h3-5,7-8H,1-2H3,(H2,16,19)(H,17,18). The lowest BCUT2D eigenvalue weighted by molar-refractivity contribution is -0.114. The Kier molecular flexibility index (Phi) is 3.71. The van der Waals surface area contributed by atoms with Gasteiger partial charge < -0.3 is 15.5 Å². The maximum Gasteiger partial charge on any atom is 0.259 e. The SMILES string of the molecule is CC(C)Oc1ccnc2[nH]cc(C=C(C#N)C(N)=O)c12. The summed E-state index contributed by atoms with van der Waals surface area (Å²) in [5, 5.41) is 9.62. The highest BCUT2D eigenvalue weighted by Crippen LogP contribution is 2.29. The van der Waals surface area contributed by atoms with Crippen molar-refractivity contribution < 1.29 is 9.53 Å². The van der Waals surface area contributed by atoms with Crippen LogP contribution in [0.1, 0.15) is 19.4 Å². The molecule has 0 spiro atoms. The lowest BCUT2D eigenvalue weighted by Crippen LogP contribution is -2.12. The number of hydrogen-bond acceptors (Lipinski definition) is 4. The van der Waals surface area contributed by atoms with Gasteiger partial charge in [0.25, 0.3) is 5.91 Å². The Morgan fingerprint density at radius 1 is 1.60 bits per heavy atom. The van der Waals surface area contributed by atoms with Gasteiger partial charge in [0.1, 0.15) is 23.0 Å². The summed E-state index contributed by atoms with van der Waals surface area (Å²) in [6.07, 6.45) is 4.71. The number of nitrogens with two attached hydrogens (primary N) is 1. The average Bonchev–Trinajstić information content (AvgIpc) is 2.79. The molecular weight excluding hydrogens is 256 g/mol. The second-order valence-electron chi connectivity index (χ2n) is 4.48. The summed E-state index contributed by atoms with van der Waals surface area (Å²) < 4.78 is 5.71. The summed E-state index contributed by atoms with van der Waals surface area (Å²) in [5.74, 6) is -0.128. The summed E-state index contributed by atoms with van der Waals surface area (Å²) in [5.41, 5.74) is 6.28. The molecule has 102 valence electrons. The Morgan fingerprint density at radius 3 is 2.95 bits per heavy atom. The van der Waals surface area contributed by atoms with Crippen LogP contribution in [0.2, 0.25) is 0 Å². The summed E-state index contributed by atoms with van der Waals surface area (Å²) >= 11 is 0. The number of carbonyl (C=O) groups is 1. The lowest BCUT2D eigenvalue weighted by Gasteiger charge is -2.10. The molecule has 2 aromatic heterocycles. The van der Waals surface area contributed by atoms with E-state index in [1.807, 2.05) is 13.8 Å². The van der Waals surface area contributed by atoms with Gasteiger partial charge in [0, 0.05) is 18.0 Å². The molecule has 0 aliphatic carbocycles. The molecule has 6 heteroatoms. The molecule has 0 aliphatic heterocycles. The zero-order valence-corrected chi connectivity index (χ0v) is 11.2. The van der Waals surface area contributed by atoms with Crippen molar-refractivity contribution in [1.29, 1.82) is 5.26 Å². The average molecular weight is 270 g/mol. The lowest BCUT2D eigenvalue weighted by atomic mass is 10.1. The smallest absolute Gasteiger partial charge is 0.259 e. The molecule has 2 heterocycles. The normalized spacial score (nSPS) is 11.6. The van der Waals surface area contributed by atoms with E-state index >= 15 is 0 Å². The second-order valence-corrected chi connectivity index (χ2v) is 4.48. The largest absolute Gasteiger partial charge is 0.490 e. The number of primary amides is 1. The first-order valence-corrected chi connectivity index (χ1v) is 6.07. The van der Waals surface area contributed by atoms with E-state index in [0.717, 1.165) is 5.39 Å². The van der Waals surface area contributed by atoms with Gasteiger partial charge in [-0.05, 0) is 26.0 Å². The molecule has 20 heavy (non-hydrogen) atoms. The summed E-state index contributed by atoms with van der Waals surface area (Å²) in [6.45, 7) is 3.83. The number of nitrogens with zero attached hydrogens (tertiary/aromatic N) is 2. The fourth-order valence-corrected chi connectivity index (χ4v) is 1.83. The Morgan fingerprint density at radius 2 is 2.35 bits per heavy atom. The van der Waals surface area contributed by atoms with Crippen molar-refractivity contribution in [2.45, 2.75) is 20.0 Å². The maximum absolute atomic E-state index is 11.1. The summed E-state index contributed by atoms with van der Waals surface area (Å²) in [7, 11) is 0. The highest BCUT2D eigenvalue weighted by molar-refractivity contribution is 6.03. The fourth-order valence-electron chi connectivity index (χ4n) is 1.83. The van der Waals surface area contributed by atoms with Gasteiger partial charge in [0.2, 0.25) is 0 Å². The molecule has 2 aromatic rings. The minimum atomic E-state index is -0.767. The predicted molar refractivity (Wildman–Crippen MR) is 74.6 cm³/mol. The monoisotopic (exact) mass is 270 g/mol. The Bertz CT molecular complexity index is 722. The number of H-pyrrole nitrogens is 1. The number of pyridine rings is 1. The van der Waals surface area contributed by atoms with E-state index in [1.165, 1.54) is 6.08 Å². The highest BCUT2D eigenvalue weighted by Gasteiger charge is 2.12. The van der Waals surface area contributed by atoms with E-state index in [2.05, 4.69) is 9.97 Å². The number of fused-ring (bicyclic) bond motifs is 1. The third-order valence-electron chi connectivity index (χ3n) is 2.61. The van der Waals surface area contributed by atoms with Crippen LogP contribution in [-0.2, 0) is 4.79 Å². The fraction of sp³-hybridized carbons (Fsp3) is 0.214. The van der Waals surface area contributed by atoms with Crippen LogP contribution in [0.15, 0.2) is 24.0 Å². The van der Waals surface area contributed by atoms with Crippen molar-refractivity contribution in [3.05, 3.63) is 29.6 Å². The van der Waals surface area contributed by atoms with Gasteiger partial charge in [-0.25, -0.2) is 4.98 Å². The molecule has 0 saturated carbocycles. The van der Waals surface area contributed by atoms with Crippen molar-refractivity contribution in [1.82, 2.24) is 9.97 Å². The van der Waals surface area contributed by atoms with Gasteiger partial charge in [-0.15, -0.1) is 0 Å². The number of nitriles is 1. The molecule has 0 aromatic carbocycles. The van der Waals surface area contributed by atoms with Crippen LogP contribution < -0.4 is 10.5 Å². The molecule has 0 saturated heterocycles. The number of amides is 1. The quantitative estimate of drug-likeness (QED) is 0.652. The first-order valence-electron chi connectivity index (χ1n) is 6.07. The molecule has 0 atom stereocenters. The van der Waals surface area contributed by atoms with Crippen LogP contribution in [0.3, 0.4) is 0 Å². The van der Waals surface area contributed by atoms with Crippen molar-refractivity contribution in [2.75, 3.05) is 0 Å². The Hall–Kier alpha value is -2.81. The summed E-state index contributed by atoms with van der Waals surface area (Å²) in [6, 6.07) is 3.52. The van der Waals surface area contributed by atoms with E-state index in [9.17, 15) is 4.79 Å². The molecule has 0 bridgehead atoms. The predicted octanol–water partition coefficient (Wildman–Crippen LogP) is 1.74. The topological polar surface area (TPSA) is 105 Å².